The molecular formula is C25H34N2O2. The first kappa shape index (κ1) is 19.1. The fourth-order valence-electron chi connectivity index (χ4n) is 7.49. The first-order chi connectivity index (χ1) is 14.0. The maximum Gasteiger partial charge on any atom is 0.223 e. The molecule has 29 heavy (non-hydrogen) atoms. The number of fused-ring (bicyclic) bond motifs is 5. The number of rotatable bonds is 3. The zero-order valence-corrected chi connectivity index (χ0v) is 18.1. The van der Waals surface area contributed by atoms with E-state index in [1.807, 2.05) is 19.3 Å². The smallest absolute Gasteiger partial charge is 0.223 e. The van der Waals surface area contributed by atoms with E-state index in [1.165, 1.54) is 36.8 Å². The predicted octanol–water partition coefficient (Wildman–Crippen LogP) is 5.09. The number of carbonyl (C=O) groups is 1. The fraction of sp³-hybridized carbons (Fsp3) is 0.680. The van der Waals surface area contributed by atoms with Crippen molar-refractivity contribution in [1.82, 2.24) is 9.88 Å². The van der Waals surface area contributed by atoms with Crippen molar-refractivity contribution in [3.05, 3.63) is 30.1 Å². The van der Waals surface area contributed by atoms with Gasteiger partial charge in [0.15, 0.2) is 0 Å². The standard InChI is InChI=1S/C25H34N2O2/c1-4-29-18-14-17(15-26-16-18)20-7-8-21-19-6-9-23(28)27-13-5-11-25(27,3)22(19)10-12-24(20,21)2/h7,14-16,19,21-22H,4-6,8-13H2,1-3H3. The van der Waals surface area contributed by atoms with E-state index in [1.54, 1.807) is 0 Å². The maximum absolute atomic E-state index is 12.9. The lowest BCUT2D eigenvalue weighted by Crippen LogP contribution is -2.53. The Bertz CT molecular complexity index is 849. The third-order valence-electron chi connectivity index (χ3n) is 8.83. The lowest BCUT2D eigenvalue weighted by atomic mass is 9.54. The summed E-state index contributed by atoms with van der Waals surface area (Å²) in [7, 11) is 0. The van der Waals surface area contributed by atoms with Gasteiger partial charge in [-0.1, -0.05) is 13.0 Å². The third kappa shape index (κ3) is 2.78. The van der Waals surface area contributed by atoms with E-state index >= 15 is 0 Å². The number of amides is 1. The summed E-state index contributed by atoms with van der Waals surface area (Å²) in [6.07, 6.45) is 14.0. The number of pyridine rings is 1. The van der Waals surface area contributed by atoms with Gasteiger partial charge in [-0.25, -0.2) is 0 Å². The van der Waals surface area contributed by atoms with Gasteiger partial charge in [-0.05, 0) is 92.7 Å². The van der Waals surface area contributed by atoms with Gasteiger partial charge in [-0.3, -0.25) is 9.78 Å². The number of hydrogen-bond donors (Lipinski definition) is 0. The Kier molecular flexibility index (Phi) is 4.52. The summed E-state index contributed by atoms with van der Waals surface area (Å²) >= 11 is 0. The van der Waals surface area contributed by atoms with Gasteiger partial charge in [0.2, 0.25) is 5.91 Å². The van der Waals surface area contributed by atoms with Gasteiger partial charge in [-0.2, -0.15) is 0 Å². The summed E-state index contributed by atoms with van der Waals surface area (Å²) in [4.78, 5) is 19.6. The molecule has 5 rings (SSSR count). The Hall–Kier alpha value is -1.84. The van der Waals surface area contributed by atoms with Crippen molar-refractivity contribution >= 4 is 11.5 Å². The molecule has 4 heteroatoms. The largest absolute Gasteiger partial charge is 0.492 e. The molecule has 4 nitrogen and oxygen atoms in total. The minimum atomic E-state index is 0.0821. The Balaban J connectivity index is 1.47. The van der Waals surface area contributed by atoms with Crippen molar-refractivity contribution in [3.63, 3.8) is 0 Å². The molecule has 1 aromatic rings. The second-order valence-electron chi connectivity index (χ2n) is 10.1. The van der Waals surface area contributed by atoms with Crippen LogP contribution in [0.1, 0.15) is 71.3 Å². The first-order valence-corrected chi connectivity index (χ1v) is 11.6. The molecule has 2 aliphatic carbocycles. The van der Waals surface area contributed by atoms with Gasteiger partial charge in [0.05, 0.1) is 12.8 Å². The second-order valence-corrected chi connectivity index (χ2v) is 10.1. The molecule has 0 aromatic carbocycles. The van der Waals surface area contributed by atoms with E-state index in [-0.39, 0.29) is 11.0 Å². The van der Waals surface area contributed by atoms with E-state index in [4.69, 9.17) is 4.74 Å². The highest BCUT2D eigenvalue weighted by Gasteiger charge is 2.58. The summed E-state index contributed by atoms with van der Waals surface area (Å²) < 4.78 is 5.72. The Labute approximate surface area is 174 Å². The first-order valence-electron chi connectivity index (χ1n) is 11.6. The highest BCUT2D eigenvalue weighted by molar-refractivity contribution is 5.78. The molecule has 3 fully saturated rings. The summed E-state index contributed by atoms with van der Waals surface area (Å²) in [6.45, 7) is 8.51. The average Bonchev–Trinajstić information content (AvgIpc) is 3.24. The molecule has 5 unspecified atom stereocenters. The highest BCUT2D eigenvalue weighted by atomic mass is 16.5. The summed E-state index contributed by atoms with van der Waals surface area (Å²) in [5.74, 6) is 3.19. The maximum atomic E-state index is 12.9. The van der Waals surface area contributed by atoms with Crippen molar-refractivity contribution in [2.45, 2.75) is 71.3 Å². The molecule has 4 aliphatic rings. The van der Waals surface area contributed by atoms with Crippen LogP contribution in [0.5, 0.6) is 5.75 Å². The molecule has 0 N–H and O–H groups in total. The van der Waals surface area contributed by atoms with Crippen LogP contribution in [0.2, 0.25) is 0 Å². The van der Waals surface area contributed by atoms with Crippen molar-refractivity contribution < 1.29 is 9.53 Å². The summed E-state index contributed by atoms with van der Waals surface area (Å²) in [5, 5.41) is 0. The van der Waals surface area contributed by atoms with Gasteiger partial charge in [0.25, 0.3) is 0 Å². The van der Waals surface area contributed by atoms with E-state index in [0.717, 1.165) is 31.6 Å². The van der Waals surface area contributed by atoms with Crippen molar-refractivity contribution in [3.8, 4) is 5.75 Å². The number of hydrogen-bond acceptors (Lipinski definition) is 3. The molecule has 2 saturated heterocycles. The van der Waals surface area contributed by atoms with E-state index in [0.29, 0.717) is 30.3 Å². The number of aromatic nitrogens is 1. The Morgan fingerprint density at radius 3 is 2.90 bits per heavy atom. The summed E-state index contributed by atoms with van der Waals surface area (Å²) in [6, 6.07) is 2.17. The van der Waals surface area contributed by atoms with Crippen molar-refractivity contribution in [1.29, 1.82) is 0 Å². The zero-order valence-electron chi connectivity index (χ0n) is 18.1. The number of nitrogens with zero attached hydrogens (tertiary/aromatic N) is 2. The van der Waals surface area contributed by atoms with Crippen LogP contribution in [-0.2, 0) is 4.79 Å². The number of carbonyl (C=O) groups excluding carboxylic acids is 1. The number of allylic oxidation sites excluding steroid dienone is 2. The molecule has 3 heterocycles. The molecule has 156 valence electrons. The average molecular weight is 395 g/mol. The highest BCUT2D eigenvalue weighted by Crippen LogP contribution is 2.63. The van der Waals surface area contributed by atoms with Crippen LogP contribution >= 0.6 is 0 Å². The molecular weight excluding hydrogens is 360 g/mol. The van der Waals surface area contributed by atoms with Crippen molar-refractivity contribution in [2.75, 3.05) is 13.2 Å². The van der Waals surface area contributed by atoms with Gasteiger partial charge < -0.3 is 9.64 Å². The third-order valence-corrected chi connectivity index (χ3v) is 8.83. The van der Waals surface area contributed by atoms with Crippen LogP contribution in [0, 0.1) is 23.2 Å². The minimum absolute atomic E-state index is 0.0821. The number of ether oxygens (including phenoxy) is 1. The van der Waals surface area contributed by atoms with Crippen molar-refractivity contribution in [2.24, 2.45) is 23.2 Å². The lowest BCUT2D eigenvalue weighted by Gasteiger charge is -2.53. The molecule has 0 spiro atoms. The molecule has 5 atom stereocenters. The molecule has 1 aromatic heterocycles. The second kappa shape index (κ2) is 6.85. The topological polar surface area (TPSA) is 42.4 Å². The molecule has 1 amide bonds. The minimum Gasteiger partial charge on any atom is -0.492 e. The predicted molar refractivity (Wildman–Crippen MR) is 114 cm³/mol. The molecule has 0 bridgehead atoms. The normalized spacial score (nSPS) is 38.7. The Morgan fingerprint density at radius 2 is 2.07 bits per heavy atom. The van der Waals surface area contributed by atoms with Gasteiger partial charge in [0.1, 0.15) is 5.75 Å². The zero-order chi connectivity index (χ0) is 20.2. The van der Waals surface area contributed by atoms with Crippen LogP contribution in [0.3, 0.4) is 0 Å². The van der Waals surface area contributed by atoms with Crippen LogP contribution < -0.4 is 4.74 Å². The molecule has 1 saturated carbocycles. The van der Waals surface area contributed by atoms with Crippen LogP contribution in [0.25, 0.3) is 5.57 Å². The fourth-order valence-corrected chi connectivity index (χ4v) is 7.49. The van der Waals surface area contributed by atoms with E-state index < -0.39 is 0 Å². The monoisotopic (exact) mass is 394 g/mol. The SMILES string of the molecule is CCOc1cncc(C2=CCC3C4CCC(=O)N5CCCC5(C)C4CCC23C)c1. The van der Waals surface area contributed by atoms with Crippen LogP contribution in [0.15, 0.2) is 24.5 Å². The van der Waals surface area contributed by atoms with Gasteiger partial charge >= 0.3 is 0 Å². The summed E-state index contributed by atoms with van der Waals surface area (Å²) in [5.41, 5.74) is 2.94. The van der Waals surface area contributed by atoms with Gasteiger partial charge in [-0.15, -0.1) is 0 Å². The Morgan fingerprint density at radius 1 is 1.21 bits per heavy atom. The quantitative estimate of drug-likeness (QED) is 0.717. The van der Waals surface area contributed by atoms with E-state index in [2.05, 4.69) is 35.9 Å². The van der Waals surface area contributed by atoms with Gasteiger partial charge in [0, 0.05) is 24.7 Å². The van der Waals surface area contributed by atoms with Crippen LogP contribution in [0.4, 0.5) is 0 Å². The van der Waals surface area contributed by atoms with Crippen LogP contribution in [-0.4, -0.2) is 34.5 Å². The van der Waals surface area contributed by atoms with E-state index in [9.17, 15) is 4.79 Å². The lowest BCUT2D eigenvalue weighted by molar-refractivity contribution is -0.135. The molecule has 0 radical (unpaired) electrons. The molecule has 2 aliphatic heterocycles.